The van der Waals surface area contributed by atoms with Crippen molar-refractivity contribution in [3.05, 3.63) is 99.8 Å². The van der Waals surface area contributed by atoms with Gasteiger partial charge in [0.25, 0.3) is 0 Å². The Bertz CT molecular complexity index is 1440. The fraction of sp³-hybridized carbons (Fsp3) is 0.333. The van der Waals surface area contributed by atoms with Crippen LogP contribution in [0.2, 0.25) is 10.0 Å². The van der Waals surface area contributed by atoms with Gasteiger partial charge in [0, 0.05) is 37.0 Å². The first-order valence-corrected chi connectivity index (χ1v) is 15.8. The van der Waals surface area contributed by atoms with Crippen molar-refractivity contribution in [2.75, 3.05) is 17.1 Å². The molecule has 0 heterocycles. The fourth-order valence-corrected chi connectivity index (χ4v) is 5.79. The Labute approximate surface area is 251 Å². The molecule has 0 aromatic heterocycles. The predicted octanol–water partition coefficient (Wildman–Crippen LogP) is 5.84. The Morgan fingerprint density at radius 2 is 1.61 bits per heavy atom. The van der Waals surface area contributed by atoms with Crippen molar-refractivity contribution < 1.29 is 22.4 Å². The van der Waals surface area contributed by atoms with Crippen molar-refractivity contribution in [3.63, 3.8) is 0 Å². The van der Waals surface area contributed by atoms with Crippen molar-refractivity contribution in [2.24, 2.45) is 0 Å². The monoisotopic (exact) mass is 621 g/mol. The minimum absolute atomic E-state index is 0.0312. The van der Waals surface area contributed by atoms with Crippen LogP contribution < -0.4 is 9.62 Å². The van der Waals surface area contributed by atoms with E-state index in [0.29, 0.717) is 10.6 Å². The van der Waals surface area contributed by atoms with Crippen molar-refractivity contribution in [3.8, 4) is 0 Å². The molecule has 0 spiro atoms. The summed E-state index contributed by atoms with van der Waals surface area (Å²) in [7, 11) is -3.75. The van der Waals surface area contributed by atoms with Crippen LogP contribution in [-0.4, -0.2) is 50.0 Å². The molecule has 0 unspecified atom stereocenters. The second-order valence-corrected chi connectivity index (χ2v) is 12.8. The molecule has 0 fully saturated rings. The number of nitrogens with one attached hydrogen (secondary N) is 1. The number of nitrogens with zero attached hydrogens (tertiary/aromatic N) is 2. The van der Waals surface area contributed by atoms with Gasteiger partial charge >= 0.3 is 0 Å². The molecule has 0 radical (unpaired) electrons. The third-order valence-corrected chi connectivity index (χ3v) is 8.03. The molecule has 3 aromatic rings. The van der Waals surface area contributed by atoms with Gasteiger partial charge in [0.2, 0.25) is 21.8 Å². The highest BCUT2D eigenvalue weighted by Crippen LogP contribution is 2.31. The van der Waals surface area contributed by atoms with E-state index in [4.69, 9.17) is 23.2 Å². The number of halogens is 3. The van der Waals surface area contributed by atoms with E-state index < -0.39 is 21.9 Å². The quantitative estimate of drug-likeness (QED) is 0.260. The van der Waals surface area contributed by atoms with Gasteiger partial charge in [-0.1, -0.05) is 65.7 Å². The summed E-state index contributed by atoms with van der Waals surface area (Å²) in [5.74, 6) is -1.08. The molecule has 0 bridgehead atoms. The van der Waals surface area contributed by atoms with Gasteiger partial charge in [0.1, 0.15) is 11.9 Å². The average molecular weight is 623 g/mol. The van der Waals surface area contributed by atoms with Crippen LogP contribution in [0.1, 0.15) is 37.8 Å². The summed E-state index contributed by atoms with van der Waals surface area (Å²) in [5.41, 5.74) is 1.74. The van der Waals surface area contributed by atoms with E-state index in [2.05, 4.69) is 5.32 Å². The third-order valence-electron chi connectivity index (χ3n) is 6.30. The Balaban J connectivity index is 1.89. The molecule has 0 aliphatic rings. The SMILES string of the molecule is CC(C)NC(=O)[C@H](Cc1ccccc1)N(Cc1ccc(F)cc1)C(=O)CCCN(c1cc(Cl)ccc1Cl)S(C)(=O)=O. The van der Waals surface area contributed by atoms with Crippen LogP contribution in [-0.2, 0) is 32.6 Å². The number of carbonyl (C=O) groups is 2. The third kappa shape index (κ3) is 9.73. The molecule has 2 amide bonds. The molecule has 0 saturated carbocycles. The van der Waals surface area contributed by atoms with Gasteiger partial charge in [-0.3, -0.25) is 13.9 Å². The van der Waals surface area contributed by atoms with Crippen molar-refractivity contribution in [2.45, 2.75) is 51.7 Å². The summed E-state index contributed by atoms with van der Waals surface area (Å²) in [4.78, 5) is 28.7. The second-order valence-electron chi connectivity index (χ2n) is 10.1. The molecule has 220 valence electrons. The number of benzene rings is 3. The van der Waals surface area contributed by atoms with Gasteiger partial charge < -0.3 is 10.2 Å². The minimum Gasteiger partial charge on any atom is -0.352 e. The molecular formula is C30H34Cl2FN3O4S. The molecule has 0 aliphatic carbocycles. The van der Waals surface area contributed by atoms with E-state index in [0.717, 1.165) is 16.1 Å². The fourth-order valence-electron chi connectivity index (χ4n) is 4.38. The Kier molecular flexibility index (Phi) is 11.6. The van der Waals surface area contributed by atoms with Gasteiger partial charge in [-0.15, -0.1) is 0 Å². The minimum atomic E-state index is -3.75. The second kappa shape index (κ2) is 14.7. The number of hydrogen-bond acceptors (Lipinski definition) is 4. The molecule has 7 nitrogen and oxygen atoms in total. The van der Waals surface area contributed by atoms with Crippen molar-refractivity contribution in [1.29, 1.82) is 0 Å². The van der Waals surface area contributed by atoms with E-state index >= 15 is 0 Å². The van der Waals surface area contributed by atoms with Gasteiger partial charge in [0.15, 0.2) is 0 Å². The maximum Gasteiger partial charge on any atom is 0.243 e. The van der Waals surface area contributed by atoms with E-state index in [1.54, 1.807) is 18.2 Å². The van der Waals surface area contributed by atoms with E-state index in [1.807, 2.05) is 44.2 Å². The smallest absolute Gasteiger partial charge is 0.243 e. The van der Waals surface area contributed by atoms with Crippen LogP contribution >= 0.6 is 23.2 Å². The van der Waals surface area contributed by atoms with E-state index in [1.165, 1.54) is 29.2 Å². The Hall–Kier alpha value is -3.14. The molecule has 3 aromatic carbocycles. The summed E-state index contributed by atoms with van der Waals surface area (Å²) >= 11 is 12.4. The standard InChI is InChI=1S/C30H34Cl2FN3O4S/c1-21(2)34-30(38)28(18-22-8-5-4-6-9-22)35(20-23-11-14-25(33)15-12-23)29(37)10-7-17-36(41(3,39)40)27-19-24(31)13-16-26(27)32/h4-6,8-9,11-16,19,21,28H,7,10,17-18,20H2,1-3H3,(H,34,38)/t28-/m0/s1. The first-order chi connectivity index (χ1) is 19.3. The number of carbonyl (C=O) groups excluding carboxylic acids is 2. The topological polar surface area (TPSA) is 86.8 Å². The number of rotatable bonds is 13. The summed E-state index contributed by atoms with van der Waals surface area (Å²) in [6, 6.07) is 18.6. The predicted molar refractivity (Wildman–Crippen MR) is 162 cm³/mol. The van der Waals surface area contributed by atoms with Gasteiger partial charge in [-0.2, -0.15) is 0 Å². The summed E-state index contributed by atoms with van der Waals surface area (Å²) < 4.78 is 40.0. The summed E-state index contributed by atoms with van der Waals surface area (Å²) in [6.07, 6.45) is 1.42. The van der Waals surface area contributed by atoms with Crippen LogP contribution in [0.15, 0.2) is 72.8 Å². The lowest BCUT2D eigenvalue weighted by molar-refractivity contribution is -0.141. The van der Waals surface area contributed by atoms with Crippen LogP contribution in [0.5, 0.6) is 0 Å². The van der Waals surface area contributed by atoms with E-state index in [9.17, 15) is 22.4 Å². The van der Waals surface area contributed by atoms with Crippen LogP contribution in [0, 0.1) is 5.82 Å². The normalized spacial score (nSPS) is 12.2. The molecule has 0 aliphatic heterocycles. The van der Waals surface area contributed by atoms with Crippen molar-refractivity contribution >= 4 is 50.7 Å². The highest BCUT2D eigenvalue weighted by atomic mass is 35.5. The lowest BCUT2D eigenvalue weighted by Crippen LogP contribution is -2.51. The largest absolute Gasteiger partial charge is 0.352 e. The van der Waals surface area contributed by atoms with Crippen LogP contribution in [0.25, 0.3) is 0 Å². The molecule has 1 atom stereocenters. The average Bonchev–Trinajstić information content (AvgIpc) is 2.90. The van der Waals surface area contributed by atoms with Crippen LogP contribution in [0.3, 0.4) is 0 Å². The molecule has 3 rings (SSSR count). The Morgan fingerprint density at radius 1 is 0.951 bits per heavy atom. The first kappa shape index (κ1) is 32.4. The number of sulfonamides is 1. The lowest BCUT2D eigenvalue weighted by Gasteiger charge is -2.32. The molecule has 0 saturated heterocycles. The highest BCUT2D eigenvalue weighted by Gasteiger charge is 2.31. The lowest BCUT2D eigenvalue weighted by atomic mass is 10.0. The maximum absolute atomic E-state index is 13.8. The van der Waals surface area contributed by atoms with Gasteiger partial charge in [0.05, 0.1) is 17.0 Å². The summed E-state index contributed by atoms with van der Waals surface area (Å²) in [5, 5.41) is 3.44. The van der Waals surface area contributed by atoms with Gasteiger partial charge in [-0.25, -0.2) is 12.8 Å². The molecule has 1 N–H and O–H groups in total. The first-order valence-electron chi connectivity index (χ1n) is 13.2. The van der Waals surface area contributed by atoms with Crippen molar-refractivity contribution in [1.82, 2.24) is 10.2 Å². The molecule has 41 heavy (non-hydrogen) atoms. The van der Waals surface area contributed by atoms with Gasteiger partial charge in [-0.05, 0) is 61.7 Å². The number of amides is 2. The zero-order chi connectivity index (χ0) is 30.2. The number of anilines is 1. The number of hydrogen-bond donors (Lipinski definition) is 1. The molecular weight excluding hydrogens is 588 g/mol. The zero-order valence-electron chi connectivity index (χ0n) is 23.2. The Morgan fingerprint density at radius 3 is 2.22 bits per heavy atom. The molecule has 11 heteroatoms. The summed E-state index contributed by atoms with van der Waals surface area (Å²) in [6.45, 7) is 3.71. The van der Waals surface area contributed by atoms with E-state index in [-0.39, 0.29) is 60.9 Å². The highest BCUT2D eigenvalue weighted by molar-refractivity contribution is 7.92. The van der Waals surface area contributed by atoms with Crippen LogP contribution in [0.4, 0.5) is 10.1 Å². The maximum atomic E-state index is 13.8. The zero-order valence-corrected chi connectivity index (χ0v) is 25.5.